The number of carboxylic acids is 1. The second kappa shape index (κ2) is 8.90. The molecule has 0 aromatic rings. The van der Waals surface area contributed by atoms with Gasteiger partial charge in [0.05, 0.1) is 19.4 Å². The van der Waals surface area contributed by atoms with Crippen LogP contribution in [0.15, 0.2) is 0 Å². The van der Waals surface area contributed by atoms with E-state index in [9.17, 15) is 19.2 Å². The van der Waals surface area contributed by atoms with Crippen LogP contribution >= 0.6 is 0 Å². The minimum Gasteiger partial charge on any atom is -0.481 e. The number of esters is 1. The lowest BCUT2D eigenvalue weighted by molar-refractivity contribution is -0.143. The molecule has 0 radical (unpaired) electrons. The zero-order chi connectivity index (χ0) is 14.8. The lowest BCUT2D eigenvalue weighted by Gasteiger charge is -2.16. The second-order valence-electron chi connectivity index (χ2n) is 3.72. The smallest absolute Gasteiger partial charge is 0.323 e. The van der Waals surface area contributed by atoms with Crippen LogP contribution in [0.1, 0.15) is 26.2 Å². The van der Waals surface area contributed by atoms with E-state index in [-0.39, 0.29) is 32.4 Å². The molecule has 2 N–H and O–H groups in total. The Bertz CT molecular complexity index is 355. The van der Waals surface area contributed by atoms with Crippen molar-refractivity contribution in [3.05, 3.63) is 0 Å². The molecule has 0 heterocycles. The van der Waals surface area contributed by atoms with E-state index in [4.69, 9.17) is 5.11 Å². The fourth-order valence-electron chi connectivity index (χ4n) is 1.09. The zero-order valence-electron chi connectivity index (χ0n) is 11.0. The Morgan fingerprint density at radius 2 is 1.79 bits per heavy atom. The molecule has 0 aliphatic rings. The molecule has 8 nitrogen and oxygen atoms in total. The molecule has 0 aromatic heterocycles. The van der Waals surface area contributed by atoms with E-state index in [0.717, 1.165) is 4.90 Å². The Labute approximate surface area is 110 Å². The van der Waals surface area contributed by atoms with Crippen LogP contribution in [0.2, 0.25) is 0 Å². The SMILES string of the molecule is CCOC(=O)CCN(C)C(=O)NC(=O)CCC(=O)O. The monoisotopic (exact) mass is 274 g/mol. The molecule has 0 aliphatic heterocycles. The fourth-order valence-corrected chi connectivity index (χ4v) is 1.09. The Kier molecular flexibility index (Phi) is 7.90. The molecule has 0 rings (SSSR count). The third-order valence-electron chi connectivity index (χ3n) is 2.12. The summed E-state index contributed by atoms with van der Waals surface area (Å²) in [5.74, 6) is -2.21. The molecule has 0 saturated heterocycles. The number of rotatable bonds is 7. The molecule has 108 valence electrons. The highest BCUT2D eigenvalue weighted by atomic mass is 16.5. The quantitative estimate of drug-likeness (QED) is 0.630. The minimum atomic E-state index is -1.11. The molecule has 0 aliphatic carbocycles. The zero-order valence-corrected chi connectivity index (χ0v) is 11.0. The number of hydrogen-bond acceptors (Lipinski definition) is 5. The number of carbonyl (C=O) groups is 4. The van der Waals surface area contributed by atoms with E-state index in [2.05, 4.69) is 4.74 Å². The lowest BCUT2D eigenvalue weighted by Crippen LogP contribution is -2.41. The predicted octanol–water partition coefficient (Wildman–Crippen LogP) is -0.0276. The molecule has 0 saturated carbocycles. The number of urea groups is 1. The molecule has 8 heteroatoms. The molecule has 0 fully saturated rings. The highest BCUT2D eigenvalue weighted by Gasteiger charge is 2.14. The average Bonchev–Trinajstić information content (AvgIpc) is 2.33. The van der Waals surface area contributed by atoms with Crippen molar-refractivity contribution < 1.29 is 29.0 Å². The molecule has 0 atom stereocenters. The Morgan fingerprint density at radius 1 is 1.16 bits per heavy atom. The predicted molar refractivity (Wildman–Crippen MR) is 64.3 cm³/mol. The minimum absolute atomic E-state index is 0.0288. The second-order valence-corrected chi connectivity index (χ2v) is 3.72. The van der Waals surface area contributed by atoms with Gasteiger partial charge in [-0.25, -0.2) is 4.79 Å². The maximum Gasteiger partial charge on any atom is 0.323 e. The number of carboxylic acid groups (broad SMARTS) is 1. The molecule has 19 heavy (non-hydrogen) atoms. The number of hydrogen-bond donors (Lipinski definition) is 2. The van der Waals surface area contributed by atoms with Gasteiger partial charge in [0.15, 0.2) is 0 Å². The molecule has 3 amide bonds. The molecule has 0 bridgehead atoms. The van der Waals surface area contributed by atoms with Gasteiger partial charge in [-0.05, 0) is 6.92 Å². The first-order chi connectivity index (χ1) is 8.86. The first kappa shape index (κ1) is 16.9. The van der Waals surface area contributed by atoms with Crippen LogP contribution in [-0.4, -0.2) is 54.1 Å². The van der Waals surface area contributed by atoms with E-state index in [1.807, 2.05) is 5.32 Å². The van der Waals surface area contributed by atoms with E-state index in [1.165, 1.54) is 7.05 Å². The number of amides is 3. The first-order valence-electron chi connectivity index (χ1n) is 5.79. The fraction of sp³-hybridized carbons (Fsp3) is 0.636. The molecule has 0 spiro atoms. The van der Waals surface area contributed by atoms with Gasteiger partial charge in [-0.3, -0.25) is 19.7 Å². The maximum atomic E-state index is 11.5. The number of ether oxygens (including phenoxy) is 1. The normalized spacial score (nSPS) is 9.58. The summed E-state index contributed by atoms with van der Waals surface area (Å²) < 4.78 is 4.69. The third kappa shape index (κ3) is 8.58. The number of carbonyl (C=O) groups excluding carboxylic acids is 3. The Morgan fingerprint density at radius 3 is 2.32 bits per heavy atom. The van der Waals surface area contributed by atoms with Gasteiger partial charge in [0.1, 0.15) is 0 Å². The van der Waals surface area contributed by atoms with Gasteiger partial charge in [-0.1, -0.05) is 0 Å². The molecular weight excluding hydrogens is 256 g/mol. The van der Waals surface area contributed by atoms with Crippen LogP contribution in [0.5, 0.6) is 0 Å². The number of nitrogens with zero attached hydrogens (tertiary/aromatic N) is 1. The summed E-state index contributed by atoms with van der Waals surface area (Å²) >= 11 is 0. The summed E-state index contributed by atoms with van der Waals surface area (Å²) in [5.41, 5.74) is 0. The van der Waals surface area contributed by atoms with Gasteiger partial charge in [0, 0.05) is 20.0 Å². The highest BCUT2D eigenvalue weighted by Crippen LogP contribution is 1.94. The largest absolute Gasteiger partial charge is 0.481 e. The summed E-state index contributed by atoms with van der Waals surface area (Å²) in [7, 11) is 1.42. The number of aliphatic carboxylic acids is 1. The van der Waals surface area contributed by atoms with Gasteiger partial charge in [-0.15, -0.1) is 0 Å². The van der Waals surface area contributed by atoms with Crippen molar-refractivity contribution in [2.45, 2.75) is 26.2 Å². The van der Waals surface area contributed by atoms with Crippen LogP contribution in [-0.2, 0) is 19.1 Å². The maximum absolute atomic E-state index is 11.5. The third-order valence-corrected chi connectivity index (χ3v) is 2.12. The van der Waals surface area contributed by atoms with E-state index >= 15 is 0 Å². The van der Waals surface area contributed by atoms with Gasteiger partial charge in [-0.2, -0.15) is 0 Å². The summed E-state index contributed by atoms with van der Waals surface area (Å²) in [6, 6.07) is -0.681. The van der Waals surface area contributed by atoms with Crippen molar-refractivity contribution >= 4 is 23.9 Å². The first-order valence-corrected chi connectivity index (χ1v) is 5.79. The van der Waals surface area contributed by atoms with E-state index in [0.29, 0.717) is 0 Å². The van der Waals surface area contributed by atoms with Crippen LogP contribution in [0.25, 0.3) is 0 Å². The Hall–Kier alpha value is -2.12. The van der Waals surface area contributed by atoms with Crippen molar-refractivity contribution in [2.75, 3.05) is 20.2 Å². The van der Waals surface area contributed by atoms with Crippen molar-refractivity contribution in [2.24, 2.45) is 0 Å². The van der Waals surface area contributed by atoms with Crippen LogP contribution < -0.4 is 5.32 Å². The van der Waals surface area contributed by atoms with Crippen LogP contribution in [0.4, 0.5) is 4.79 Å². The lowest BCUT2D eigenvalue weighted by atomic mass is 10.3. The number of nitrogens with one attached hydrogen (secondary N) is 1. The number of imide groups is 1. The van der Waals surface area contributed by atoms with E-state index < -0.39 is 23.9 Å². The summed E-state index contributed by atoms with van der Waals surface area (Å²) in [6.07, 6.45) is -0.584. The van der Waals surface area contributed by atoms with Crippen molar-refractivity contribution in [3.63, 3.8) is 0 Å². The summed E-state index contributed by atoms with van der Waals surface area (Å²) in [5, 5.41) is 10.4. The topological polar surface area (TPSA) is 113 Å². The molecular formula is C11H18N2O6. The summed E-state index contributed by atoms with van der Waals surface area (Å²) in [4.78, 5) is 45.1. The van der Waals surface area contributed by atoms with Crippen LogP contribution in [0, 0.1) is 0 Å². The molecule has 0 aromatic carbocycles. The standard InChI is InChI=1S/C11H18N2O6/c1-3-19-10(17)6-7-13(2)11(18)12-8(14)4-5-9(15)16/h3-7H2,1-2H3,(H,15,16)(H,12,14,18). The molecule has 0 unspecified atom stereocenters. The van der Waals surface area contributed by atoms with Gasteiger partial charge >= 0.3 is 18.0 Å². The highest BCUT2D eigenvalue weighted by molar-refractivity contribution is 5.95. The average molecular weight is 274 g/mol. The van der Waals surface area contributed by atoms with Gasteiger partial charge in [0.2, 0.25) is 5.91 Å². The van der Waals surface area contributed by atoms with Gasteiger partial charge in [0.25, 0.3) is 0 Å². The van der Waals surface area contributed by atoms with Crippen molar-refractivity contribution in [3.8, 4) is 0 Å². The Balaban J connectivity index is 3.96. The van der Waals surface area contributed by atoms with Crippen LogP contribution in [0.3, 0.4) is 0 Å². The van der Waals surface area contributed by atoms with E-state index in [1.54, 1.807) is 6.92 Å². The summed E-state index contributed by atoms with van der Waals surface area (Å²) in [6.45, 7) is 2.05. The van der Waals surface area contributed by atoms with Gasteiger partial charge < -0.3 is 14.7 Å². The van der Waals surface area contributed by atoms with Crippen molar-refractivity contribution in [1.29, 1.82) is 0 Å². The van der Waals surface area contributed by atoms with Crippen molar-refractivity contribution in [1.82, 2.24) is 10.2 Å².